The van der Waals surface area contributed by atoms with Crippen LogP contribution in [0.15, 0.2) is 18.3 Å². The Balaban J connectivity index is 2.36. The lowest BCUT2D eigenvalue weighted by atomic mass is 9.97. The third-order valence-corrected chi connectivity index (χ3v) is 2.96. The molecule has 0 N–H and O–H groups in total. The molecule has 70 valence electrons. The second-order valence-corrected chi connectivity index (χ2v) is 3.81. The average molecular weight is 177 g/mol. The number of rotatable bonds is 2. The molecule has 0 amide bonds. The van der Waals surface area contributed by atoms with E-state index in [1.54, 1.807) is 0 Å². The zero-order valence-corrected chi connectivity index (χ0v) is 8.16. The maximum absolute atomic E-state index is 11.7. The lowest BCUT2D eigenvalue weighted by Gasteiger charge is -2.15. The fraction of sp³-hybridized carbons (Fsp3) is 0.545. The minimum absolute atomic E-state index is 0.177. The summed E-state index contributed by atoms with van der Waals surface area (Å²) in [5, 5.41) is 0. The van der Waals surface area contributed by atoms with Crippen LogP contribution in [0.25, 0.3) is 0 Å². The minimum Gasteiger partial charge on any atom is -0.341 e. The summed E-state index contributed by atoms with van der Waals surface area (Å²) in [7, 11) is 0. The van der Waals surface area contributed by atoms with E-state index in [0.717, 1.165) is 18.5 Å². The minimum atomic E-state index is 0.177. The van der Waals surface area contributed by atoms with Crippen LogP contribution in [0.1, 0.15) is 43.2 Å². The van der Waals surface area contributed by atoms with Crippen molar-refractivity contribution >= 4 is 5.78 Å². The highest BCUT2D eigenvalue weighted by molar-refractivity contribution is 5.98. The van der Waals surface area contributed by atoms with E-state index in [2.05, 4.69) is 11.5 Å². The molecule has 2 heteroatoms. The van der Waals surface area contributed by atoms with E-state index < -0.39 is 0 Å². The zero-order valence-electron chi connectivity index (χ0n) is 8.16. The lowest BCUT2D eigenvalue weighted by Crippen LogP contribution is -2.11. The first-order valence-electron chi connectivity index (χ1n) is 4.96. The monoisotopic (exact) mass is 177 g/mol. The van der Waals surface area contributed by atoms with Gasteiger partial charge in [0.1, 0.15) is 0 Å². The van der Waals surface area contributed by atoms with Crippen LogP contribution < -0.4 is 0 Å². The van der Waals surface area contributed by atoms with E-state index >= 15 is 0 Å². The average Bonchev–Trinajstić information content (AvgIpc) is 2.66. The molecule has 2 nitrogen and oxygen atoms in total. The number of carbonyl (C=O) groups is 1. The summed E-state index contributed by atoms with van der Waals surface area (Å²) >= 11 is 0. The molecule has 0 aromatic carbocycles. The second kappa shape index (κ2) is 3.02. The highest BCUT2D eigenvalue weighted by Crippen LogP contribution is 2.34. The largest absolute Gasteiger partial charge is 0.341 e. The Labute approximate surface area is 78.6 Å². The van der Waals surface area contributed by atoms with Gasteiger partial charge in [0.2, 0.25) is 0 Å². The number of ketones is 1. The van der Waals surface area contributed by atoms with Gasteiger partial charge in [-0.2, -0.15) is 0 Å². The van der Waals surface area contributed by atoms with Gasteiger partial charge < -0.3 is 4.57 Å². The maximum Gasteiger partial charge on any atom is 0.184 e. The standard InChI is InChI=1S/C11H15NO/c1-3-5-9-8(2)11(13)10-6-4-7-12(9)10/h4,6-9H,3,5H2,1-2H3/t8-,9+/m0/s1. The molecule has 1 aromatic rings. The lowest BCUT2D eigenvalue weighted by molar-refractivity contribution is 0.0930. The van der Waals surface area contributed by atoms with Crippen molar-refractivity contribution in [1.82, 2.24) is 4.57 Å². The van der Waals surface area contributed by atoms with Crippen molar-refractivity contribution in [1.29, 1.82) is 0 Å². The molecular weight excluding hydrogens is 162 g/mol. The molecule has 2 heterocycles. The van der Waals surface area contributed by atoms with E-state index in [4.69, 9.17) is 0 Å². The quantitative estimate of drug-likeness (QED) is 0.680. The summed E-state index contributed by atoms with van der Waals surface area (Å²) < 4.78 is 2.14. The molecular formula is C11H15NO. The highest BCUT2D eigenvalue weighted by Gasteiger charge is 2.34. The number of fused-ring (bicyclic) bond motifs is 1. The van der Waals surface area contributed by atoms with Crippen molar-refractivity contribution < 1.29 is 4.79 Å². The molecule has 1 aromatic heterocycles. The normalized spacial score (nSPS) is 26.5. The molecule has 0 unspecified atom stereocenters. The predicted octanol–water partition coefficient (Wildman–Crippen LogP) is 2.66. The second-order valence-electron chi connectivity index (χ2n) is 3.81. The first kappa shape index (κ1) is 8.54. The van der Waals surface area contributed by atoms with Crippen molar-refractivity contribution in [3.8, 4) is 0 Å². The van der Waals surface area contributed by atoms with Gasteiger partial charge in [0.05, 0.1) is 5.69 Å². The van der Waals surface area contributed by atoms with E-state index in [0.29, 0.717) is 11.8 Å². The van der Waals surface area contributed by atoms with Gasteiger partial charge in [-0.1, -0.05) is 20.3 Å². The Morgan fingerprint density at radius 2 is 2.31 bits per heavy atom. The van der Waals surface area contributed by atoms with Crippen LogP contribution in [0.3, 0.4) is 0 Å². The van der Waals surface area contributed by atoms with Crippen molar-refractivity contribution in [2.75, 3.05) is 0 Å². The molecule has 2 rings (SSSR count). The summed E-state index contributed by atoms with van der Waals surface area (Å²) in [5.41, 5.74) is 0.894. The number of hydrogen-bond acceptors (Lipinski definition) is 1. The van der Waals surface area contributed by atoms with E-state index in [9.17, 15) is 4.79 Å². The zero-order chi connectivity index (χ0) is 9.42. The SMILES string of the molecule is CCC[C@@H]1[C@H](C)C(=O)c2cccn21. The number of aromatic nitrogens is 1. The molecule has 0 saturated carbocycles. The van der Waals surface area contributed by atoms with Crippen molar-refractivity contribution in [3.05, 3.63) is 24.0 Å². The van der Waals surface area contributed by atoms with Crippen molar-refractivity contribution in [2.45, 2.75) is 32.7 Å². The highest BCUT2D eigenvalue weighted by atomic mass is 16.1. The van der Waals surface area contributed by atoms with Crippen LogP contribution in [0, 0.1) is 5.92 Å². The molecule has 0 aliphatic carbocycles. The number of hydrogen-bond donors (Lipinski definition) is 0. The van der Waals surface area contributed by atoms with E-state index in [1.165, 1.54) is 0 Å². The van der Waals surface area contributed by atoms with Gasteiger partial charge in [-0.15, -0.1) is 0 Å². The third kappa shape index (κ3) is 1.12. The molecule has 0 fully saturated rings. The van der Waals surface area contributed by atoms with Crippen LogP contribution in [-0.4, -0.2) is 10.4 Å². The fourth-order valence-corrected chi connectivity index (χ4v) is 2.23. The van der Waals surface area contributed by atoms with Gasteiger partial charge in [-0.05, 0) is 18.6 Å². The molecule has 0 bridgehead atoms. The number of carbonyl (C=O) groups excluding carboxylic acids is 1. The maximum atomic E-state index is 11.7. The summed E-state index contributed by atoms with van der Waals surface area (Å²) in [6, 6.07) is 4.29. The smallest absolute Gasteiger partial charge is 0.184 e. The number of Topliss-reactive ketones (excluding diaryl/α,β-unsaturated/α-hetero) is 1. The van der Waals surface area contributed by atoms with Gasteiger partial charge in [-0.25, -0.2) is 0 Å². The summed E-state index contributed by atoms with van der Waals surface area (Å²) in [6.45, 7) is 4.20. The van der Waals surface area contributed by atoms with Gasteiger partial charge in [0.25, 0.3) is 0 Å². The molecule has 0 radical (unpaired) electrons. The molecule has 2 atom stereocenters. The number of nitrogens with zero attached hydrogens (tertiary/aromatic N) is 1. The first-order valence-corrected chi connectivity index (χ1v) is 4.96. The van der Waals surface area contributed by atoms with Crippen LogP contribution >= 0.6 is 0 Å². The van der Waals surface area contributed by atoms with Crippen molar-refractivity contribution in [2.24, 2.45) is 5.92 Å². The Kier molecular flexibility index (Phi) is 1.98. The first-order chi connectivity index (χ1) is 6.25. The van der Waals surface area contributed by atoms with E-state index in [-0.39, 0.29) is 5.92 Å². The van der Waals surface area contributed by atoms with Crippen LogP contribution in [0.2, 0.25) is 0 Å². The summed E-state index contributed by atoms with van der Waals surface area (Å²) in [5.74, 6) is 0.486. The van der Waals surface area contributed by atoms with Crippen LogP contribution in [0.4, 0.5) is 0 Å². The molecule has 0 saturated heterocycles. The summed E-state index contributed by atoms with van der Waals surface area (Å²) in [4.78, 5) is 11.7. The van der Waals surface area contributed by atoms with Gasteiger partial charge in [0, 0.05) is 18.2 Å². The fourth-order valence-electron chi connectivity index (χ4n) is 2.23. The Hall–Kier alpha value is -1.05. The Bertz CT molecular complexity index is 327. The molecule has 1 aliphatic heterocycles. The van der Waals surface area contributed by atoms with Crippen LogP contribution in [0.5, 0.6) is 0 Å². The van der Waals surface area contributed by atoms with Crippen molar-refractivity contribution in [3.63, 3.8) is 0 Å². The third-order valence-electron chi connectivity index (χ3n) is 2.96. The van der Waals surface area contributed by atoms with Gasteiger partial charge in [0.15, 0.2) is 5.78 Å². The van der Waals surface area contributed by atoms with Gasteiger partial charge in [-0.3, -0.25) is 4.79 Å². The van der Waals surface area contributed by atoms with Crippen LogP contribution in [-0.2, 0) is 0 Å². The molecule has 1 aliphatic rings. The topological polar surface area (TPSA) is 22.0 Å². The molecule has 13 heavy (non-hydrogen) atoms. The van der Waals surface area contributed by atoms with E-state index in [1.807, 2.05) is 25.3 Å². The predicted molar refractivity (Wildman–Crippen MR) is 51.9 cm³/mol. The summed E-state index contributed by atoms with van der Waals surface area (Å²) in [6.07, 6.45) is 4.27. The van der Waals surface area contributed by atoms with Gasteiger partial charge >= 0.3 is 0 Å². The Morgan fingerprint density at radius 3 is 3.00 bits per heavy atom. The molecule has 0 spiro atoms. The Morgan fingerprint density at radius 1 is 1.54 bits per heavy atom.